The molecule has 0 aromatic carbocycles. The highest BCUT2D eigenvalue weighted by Gasteiger charge is 2.39. The highest BCUT2D eigenvalue weighted by molar-refractivity contribution is 7.99. The van der Waals surface area contributed by atoms with E-state index < -0.39 is 0 Å². The predicted octanol–water partition coefficient (Wildman–Crippen LogP) is 3.12. The van der Waals surface area contributed by atoms with Crippen molar-refractivity contribution in [1.82, 2.24) is 10.2 Å². The second-order valence-electron chi connectivity index (χ2n) is 6.79. The van der Waals surface area contributed by atoms with E-state index in [1.807, 2.05) is 0 Å². The Morgan fingerprint density at radius 1 is 1.21 bits per heavy atom. The van der Waals surface area contributed by atoms with E-state index in [1.54, 1.807) is 0 Å². The molecule has 19 heavy (non-hydrogen) atoms. The standard InChI is InChI=1S/C16H30N2S/c1-3-13-10-17-16(12-7-8-12)11-18(13)14-5-4-6-15(9-14)19-2/h12-17H,3-11H2,1-2H3. The molecule has 0 amide bonds. The minimum absolute atomic E-state index is 0.792. The summed E-state index contributed by atoms with van der Waals surface area (Å²) in [6.45, 7) is 4.93. The topological polar surface area (TPSA) is 15.3 Å². The van der Waals surface area contributed by atoms with E-state index in [-0.39, 0.29) is 0 Å². The molecule has 1 heterocycles. The van der Waals surface area contributed by atoms with Crippen LogP contribution in [0.15, 0.2) is 0 Å². The number of nitrogens with zero attached hydrogens (tertiary/aromatic N) is 1. The van der Waals surface area contributed by atoms with Crippen LogP contribution in [0.3, 0.4) is 0 Å². The Bertz CT molecular complexity index is 292. The first-order valence-electron chi connectivity index (χ1n) is 8.33. The molecule has 0 aromatic rings. The molecule has 1 N–H and O–H groups in total. The first-order valence-corrected chi connectivity index (χ1v) is 9.62. The maximum atomic E-state index is 3.83. The van der Waals surface area contributed by atoms with Crippen LogP contribution in [0.1, 0.15) is 51.9 Å². The minimum Gasteiger partial charge on any atom is -0.311 e. The fraction of sp³-hybridized carbons (Fsp3) is 1.00. The zero-order valence-electron chi connectivity index (χ0n) is 12.6. The van der Waals surface area contributed by atoms with Crippen molar-refractivity contribution < 1.29 is 0 Å². The monoisotopic (exact) mass is 282 g/mol. The summed E-state index contributed by atoms with van der Waals surface area (Å²) < 4.78 is 0. The van der Waals surface area contributed by atoms with Gasteiger partial charge in [0.2, 0.25) is 0 Å². The molecule has 0 radical (unpaired) electrons. The zero-order chi connectivity index (χ0) is 13.2. The summed E-state index contributed by atoms with van der Waals surface area (Å²) in [5.41, 5.74) is 0. The minimum atomic E-state index is 0.792. The van der Waals surface area contributed by atoms with Crippen LogP contribution in [0.4, 0.5) is 0 Å². The molecule has 110 valence electrons. The molecule has 0 spiro atoms. The Morgan fingerprint density at radius 2 is 2.05 bits per heavy atom. The number of rotatable bonds is 4. The van der Waals surface area contributed by atoms with Crippen LogP contribution >= 0.6 is 11.8 Å². The molecule has 0 aromatic heterocycles. The van der Waals surface area contributed by atoms with Gasteiger partial charge >= 0.3 is 0 Å². The van der Waals surface area contributed by atoms with E-state index >= 15 is 0 Å². The molecule has 4 atom stereocenters. The molecule has 0 bridgehead atoms. The maximum Gasteiger partial charge on any atom is 0.0224 e. The first-order chi connectivity index (χ1) is 9.31. The lowest BCUT2D eigenvalue weighted by atomic mass is 9.90. The second-order valence-corrected chi connectivity index (χ2v) is 7.93. The Hall–Kier alpha value is 0.270. The van der Waals surface area contributed by atoms with Gasteiger partial charge in [0.1, 0.15) is 0 Å². The Balaban J connectivity index is 1.64. The lowest BCUT2D eigenvalue weighted by molar-refractivity contribution is 0.0562. The third-order valence-corrected chi connectivity index (χ3v) is 6.65. The van der Waals surface area contributed by atoms with Crippen LogP contribution in [-0.2, 0) is 0 Å². The Morgan fingerprint density at radius 3 is 2.74 bits per heavy atom. The van der Waals surface area contributed by atoms with Crippen LogP contribution in [0.5, 0.6) is 0 Å². The highest BCUT2D eigenvalue weighted by Crippen LogP contribution is 2.37. The number of piperazine rings is 1. The summed E-state index contributed by atoms with van der Waals surface area (Å²) in [5, 5.41) is 4.75. The smallest absolute Gasteiger partial charge is 0.0224 e. The summed E-state index contributed by atoms with van der Waals surface area (Å²) in [6.07, 6.45) is 12.3. The van der Waals surface area contributed by atoms with Crippen molar-refractivity contribution in [3.63, 3.8) is 0 Å². The number of hydrogen-bond donors (Lipinski definition) is 1. The second kappa shape index (κ2) is 6.36. The van der Waals surface area contributed by atoms with Crippen molar-refractivity contribution in [2.24, 2.45) is 5.92 Å². The van der Waals surface area contributed by atoms with Crippen LogP contribution in [0.2, 0.25) is 0 Å². The van der Waals surface area contributed by atoms with Gasteiger partial charge in [0.05, 0.1) is 0 Å². The van der Waals surface area contributed by atoms with E-state index in [9.17, 15) is 0 Å². The van der Waals surface area contributed by atoms with Crippen molar-refractivity contribution in [2.45, 2.75) is 75.2 Å². The lowest BCUT2D eigenvalue weighted by Crippen LogP contribution is -2.60. The summed E-state index contributed by atoms with van der Waals surface area (Å²) in [6, 6.07) is 2.47. The molecule has 2 aliphatic carbocycles. The van der Waals surface area contributed by atoms with Crippen LogP contribution in [0, 0.1) is 5.92 Å². The maximum absolute atomic E-state index is 3.83. The lowest BCUT2D eigenvalue weighted by Gasteiger charge is -2.47. The normalized spacial score (nSPS) is 41.4. The average Bonchev–Trinajstić information content (AvgIpc) is 3.31. The van der Waals surface area contributed by atoms with Crippen LogP contribution in [-0.4, -0.2) is 47.6 Å². The molecule has 3 fully saturated rings. The Kier molecular flexibility index (Phi) is 4.76. The molecule has 1 aliphatic heterocycles. The quantitative estimate of drug-likeness (QED) is 0.853. The van der Waals surface area contributed by atoms with Gasteiger partial charge in [-0.15, -0.1) is 0 Å². The molecule has 1 saturated heterocycles. The van der Waals surface area contributed by atoms with Gasteiger partial charge in [-0.05, 0) is 50.7 Å². The van der Waals surface area contributed by atoms with E-state index in [4.69, 9.17) is 0 Å². The van der Waals surface area contributed by atoms with Crippen molar-refractivity contribution in [3.05, 3.63) is 0 Å². The highest BCUT2D eigenvalue weighted by atomic mass is 32.2. The number of hydrogen-bond acceptors (Lipinski definition) is 3. The third-order valence-electron chi connectivity index (χ3n) is 5.56. The van der Waals surface area contributed by atoms with Gasteiger partial charge in [0.15, 0.2) is 0 Å². The van der Waals surface area contributed by atoms with Gasteiger partial charge in [0.25, 0.3) is 0 Å². The summed E-state index contributed by atoms with van der Waals surface area (Å²) in [5.74, 6) is 1.00. The molecule has 2 saturated carbocycles. The van der Waals surface area contributed by atoms with E-state index in [0.717, 1.165) is 29.3 Å². The number of thioether (sulfide) groups is 1. The van der Waals surface area contributed by atoms with Gasteiger partial charge < -0.3 is 5.32 Å². The van der Waals surface area contributed by atoms with Crippen molar-refractivity contribution in [2.75, 3.05) is 19.3 Å². The predicted molar refractivity (Wildman–Crippen MR) is 84.9 cm³/mol. The molecule has 3 heteroatoms. The fourth-order valence-electron chi connectivity index (χ4n) is 4.12. The molecule has 4 unspecified atom stereocenters. The molecular weight excluding hydrogens is 252 g/mol. The Labute approximate surface area is 123 Å². The van der Waals surface area contributed by atoms with Gasteiger partial charge in [-0.25, -0.2) is 0 Å². The number of nitrogens with one attached hydrogen (secondary N) is 1. The summed E-state index contributed by atoms with van der Waals surface area (Å²) in [4.78, 5) is 2.90. The van der Waals surface area contributed by atoms with Crippen molar-refractivity contribution in [3.8, 4) is 0 Å². The zero-order valence-corrected chi connectivity index (χ0v) is 13.4. The molecule has 2 nitrogen and oxygen atoms in total. The van der Waals surface area contributed by atoms with E-state index in [2.05, 4.69) is 35.2 Å². The summed E-state index contributed by atoms with van der Waals surface area (Å²) >= 11 is 2.10. The fourth-order valence-corrected chi connectivity index (χ4v) is 4.94. The first kappa shape index (κ1) is 14.2. The largest absolute Gasteiger partial charge is 0.311 e. The molecular formula is C16H30N2S. The third kappa shape index (κ3) is 3.30. The van der Waals surface area contributed by atoms with Gasteiger partial charge in [-0.1, -0.05) is 13.3 Å². The summed E-state index contributed by atoms with van der Waals surface area (Å²) in [7, 11) is 0. The van der Waals surface area contributed by atoms with Gasteiger partial charge in [-0.3, -0.25) is 4.90 Å². The van der Waals surface area contributed by atoms with Crippen LogP contribution in [0.25, 0.3) is 0 Å². The van der Waals surface area contributed by atoms with Gasteiger partial charge in [-0.2, -0.15) is 11.8 Å². The average molecular weight is 282 g/mol. The molecule has 3 rings (SSSR count). The molecule has 3 aliphatic rings. The van der Waals surface area contributed by atoms with E-state index in [1.165, 1.54) is 58.0 Å². The van der Waals surface area contributed by atoms with E-state index in [0.29, 0.717) is 0 Å². The van der Waals surface area contributed by atoms with Crippen molar-refractivity contribution in [1.29, 1.82) is 0 Å². The van der Waals surface area contributed by atoms with Gasteiger partial charge in [0, 0.05) is 36.5 Å². The van der Waals surface area contributed by atoms with Crippen molar-refractivity contribution >= 4 is 11.8 Å². The van der Waals surface area contributed by atoms with Crippen LogP contribution < -0.4 is 5.32 Å². The SMILES string of the molecule is CCC1CNC(C2CC2)CN1C1CCCC(SC)C1.